The van der Waals surface area contributed by atoms with Crippen LogP contribution in [0.25, 0.3) is 33.3 Å². The van der Waals surface area contributed by atoms with Gasteiger partial charge in [-0.25, -0.2) is 14.8 Å². The van der Waals surface area contributed by atoms with Gasteiger partial charge in [-0.2, -0.15) is 5.26 Å². The summed E-state index contributed by atoms with van der Waals surface area (Å²) >= 11 is 0. The van der Waals surface area contributed by atoms with Crippen LogP contribution in [0.4, 0.5) is 4.79 Å². The zero-order chi connectivity index (χ0) is 25.0. The molecule has 0 spiro atoms. The molecular weight excluding hydrogens is 440 g/mol. The molecule has 0 aliphatic carbocycles. The Balaban J connectivity index is 1.78. The molecule has 4 rings (SSSR count). The minimum atomic E-state index is -0.467. The molecule has 2 aromatic heterocycles. The number of rotatable bonds is 5. The molecule has 0 unspecified atom stereocenters. The van der Waals surface area contributed by atoms with Gasteiger partial charge in [-0.1, -0.05) is 54.6 Å². The van der Waals surface area contributed by atoms with E-state index >= 15 is 0 Å². The van der Waals surface area contributed by atoms with Crippen LogP contribution in [0.5, 0.6) is 5.88 Å². The predicted molar refractivity (Wildman–Crippen MR) is 135 cm³/mol. The summed E-state index contributed by atoms with van der Waals surface area (Å²) in [6, 6.07) is 21.4. The van der Waals surface area contributed by atoms with Gasteiger partial charge >= 0.3 is 6.09 Å². The number of fused-ring (bicyclic) bond motifs is 1. The van der Waals surface area contributed by atoms with Crippen LogP contribution in [-0.4, -0.2) is 28.7 Å². The SMILES string of the molecule is COc1nccc2nc(-c3ccc(COC(=O)NC(C)(C)C)cc3)c(-c3ccccc3)c(C#N)c12. The number of carbonyl (C=O) groups excluding carboxylic acids is 1. The highest BCUT2D eigenvalue weighted by atomic mass is 16.5. The van der Waals surface area contributed by atoms with Crippen molar-refractivity contribution in [2.24, 2.45) is 0 Å². The second-order valence-electron chi connectivity index (χ2n) is 9.05. The number of nitrogens with zero attached hydrogens (tertiary/aromatic N) is 3. The fourth-order valence-electron chi connectivity index (χ4n) is 3.79. The monoisotopic (exact) mass is 466 g/mol. The molecule has 4 aromatic rings. The van der Waals surface area contributed by atoms with Gasteiger partial charge in [0.2, 0.25) is 5.88 Å². The Morgan fingerprint density at radius 1 is 1.03 bits per heavy atom. The number of ether oxygens (including phenoxy) is 2. The van der Waals surface area contributed by atoms with Gasteiger partial charge in [-0.15, -0.1) is 0 Å². The van der Waals surface area contributed by atoms with Crippen molar-refractivity contribution >= 4 is 17.0 Å². The van der Waals surface area contributed by atoms with Gasteiger partial charge < -0.3 is 14.8 Å². The van der Waals surface area contributed by atoms with Crippen molar-refractivity contribution in [1.29, 1.82) is 5.26 Å². The fourth-order valence-corrected chi connectivity index (χ4v) is 3.79. The number of pyridine rings is 2. The third-order valence-corrected chi connectivity index (χ3v) is 5.31. The van der Waals surface area contributed by atoms with E-state index in [4.69, 9.17) is 14.5 Å². The Kier molecular flexibility index (Phi) is 6.65. The number of methoxy groups -OCH3 is 1. The lowest BCUT2D eigenvalue weighted by molar-refractivity contribution is 0.131. The first-order chi connectivity index (χ1) is 16.8. The van der Waals surface area contributed by atoms with Gasteiger partial charge in [-0.3, -0.25) is 0 Å². The van der Waals surface area contributed by atoms with Gasteiger partial charge in [0.25, 0.3) is 0 Å². The molecule has 0 bridgehead atoms. The van der Waals surface area contributed by atoms with E-state index in [0.717, 1.165) is 16.7 Å². The highest BCUT2D eigenvalue weighted by Crippen LogP contribution is 2.39. The molecule has 7 heteroatoms. The normalized spacial score (nSPS) is 11.1. The minimum absolute atomic E-state index is 0.144. The maximum absolute atomic E-state index is 12.0. The van der Waals surface area contributed by atoms with Crippen molar-refractivity contribution < 1.29 is 14.3 Å². The quantitative estimate of drug-likeness (QED) is 0.395. The van der Waals surface area contributed by atoms with E-state index < -0.39 is 6.09 Å². The Hall–Kier alpha value is -4.44. The van der Waals surface area contributed by atoms with Crippen LogP contribution >= 0.6 is 0 Å². The summed E-state index contributed by atoms with van der Waals surface area (Å²) in [5.74, 6) is 0.358. The summed E-state index contributed by atoms with van der Waals surface area (Å²) < 4.78 is 10.8. The van der Waals surface area contributed by atoms with E-state index in [2.05, 4.69) is 16.4 Å². The number of amides is 1. The van der Waals surface area contributed by atoms with E-state index in [9.17, 15) is 10.1 Å². The molecule has 1 N–H and O–H groups in total. The minimum Gasteiger partial charge on any atom is -0.480 e. The summed E-state index contributed by atoms with van der Waals surface area (Å²) in [7, 11) is 1.53. The summed E-state index contributed by atoms with van der Waals surface area (Å²) in [6.45, 7) is 5.83. The Morgan fingerprint density at radius 2 is 1.74 bits per heavy atom. The number of benzene rings is 2. The van der Waals surface area contributed by atoms with Gasteiger partial charge in [0.1, 0.15) is 12.7 Å². The predicted octanol–water partition coefficient (Wildman–Crippen LogP) is 5.87. The standard InChI is InChI=1S/C28H26N4O3/c1-28(2,3)32-27(33)35-17-18-10-12-20(13-11-18)25-23(19-8-6-5-7-9-19)21(16-29)24-22(31-25)14-15-30-26(24)34-4/h5-15H,17H2,1-4H3,(H,32,33). The maximum Gasteiger partial charge on any atom is 0.407 e. The fraction of sp³-hybridized carbons (Fsp3) is 0.214. The number of nitriles is 1. The molecule has 35 heavy (non-hydrogen) atoms. The van der Waals surface area contributed by atoms with Crippen LogP contribution in [0, 0.1) is 11.3 Å². The van der Waals surface area contributed by atoms with E-state index in [0.29, 0.717) is 33.6 Å². The lowest BCUT2D eigenvalue weighted by Gasteiger charge is -2.20. The van der Waals surface area contributed by atoms with Gasteiger partial charge in [-0.05, 0) is 38.0 Å². The lowest BCUT2D eigenvalue weighted by atomic mass is 9.92. The zero-order valence-electron chi connectivity index (χ0n) is 20.1. The topological polar surface area (TPSA) is 97.1 Å². The van der Waals surface area contributed by atoms with Crippen LogP contribution in [0.3, 0.4) is 0 Å². The maximum atomic E-state index is 12.0. The molecule has 0 radical (unpaired) electrons. The number of aromatic nitrogens is 2. The molecule has 7 nitrogen and oxygen atoms in total. The largest absolute Gasteiger partial charge is 0.480 e. The molecular formula is C28H26N4O3. The molecule has 1 amide bonds. The van der Waals surface area contributed by atoms with Gasteiger partial charge in [0.05, 0.1) is 29.3 Å². The van der Waals surface area contributed by atoms with Crippen LogP contribution in [0.2, 0.25) is 0 Å². The van der Waals surface area contributed by atoms with E-state index in [1.54, 1.807) is 12.3 Å². The molecule has 176 valence electrons. The molecule has 2 heterocycles. The van der Waals surface area contributed by atoms with Crippen molar-refractivity contribution in [3.05, 3.63) is 78.0 Å². The Bertz CT molecular complexity index is 1400. The van der Waals surface area contributed by atoms with Crippen molar-refractivity contribution in [3.63, 3.8) is 0 Å². The number of alkyl carbamates (subject to hydrolysis) is 1. The molecule has 0 fully saturated rings. The number of hydrogen-bond acceptors (Lipinski definition) is 6. The van der Waals surface area contributed by atoms with Crippen molar-refractivity contribution in [2.75, 3.05) is 7.11 Å². The Labute approximate surface area is 204 Å². The molecule has 0 aliphatic heterocycles. The zero-order valence-corrected chi connectivity index (χ0v) is 20.1. The van der Waals surface area contributed by atoms with Crippen molar-refractivity contribution in [3.8, 4) is 34.3 Å². The molecule has 0 aliphatic rings. The lowest BCUT2D eigenvalue weighted by Crippen LogP contribution is -2.40. The molecule has 2 aromatic carbocycles. The first kappa shape index (κ1) is 23.7. The van der Waals surface area contributed by atoms with Crippen LogP contribution in [0.1, 0.15) is 31.9 Å². The van der Waals surface area contributed by atoms with Crippen LogP contribution in [-0.2, 0) is 11.3 Å². The Morgan fingerprint density at radius 3 is 2.37 bits per heavy atom. The van der Waals surface area contributed by atoms with E-state index in [1.807, 2.05) is 75.4 Å². The smallest absolute Gasteiger partial charge is 0.407 e. The van der Waals surface area contributed by atoms with Crippen molar-refractivity contribution in [1.82, 2.24) is 15.3 Å². The summed E-state index contributed by atoms with van der Waals surface area (Å²) in [5, 5.41) is 13.6. The first-order valence-corrected chi connectivity index (χ1v) is 11.2. The first-order valence-electron chi connectivity index (χ1n) is 11.2. The summed E-state index contributed by atoms with van der Waals surface area (Å²) in [5.41, 5.74) is 4.62. The second-order valence-corrected chi connectivity index (χ2v) is 9.05. The number of nitrogens with one attached hydrogen (secondary N) is 1. The molecule has 0 saturated carbocycles. The van der Waals surface area contributed by atoms with Gasteiger partial charge in [0, 0.05) is 22.9 Å². The molecule has 0 saturated heterocycles. The van der Waals surface area contributed by atoms with Crippen molar-refractivity contribution in [2.45, 2.75) is 32.9 Å². The van der Waals surface area contributed by atoms with Crippen LogP contribution in [0.15, 0.2) is 66.9 Å². The van der Waals surface area contributed by atoms with Crippen LogP contribution < -0.4 is 10.1 Å². The number of carbonyl (C=O) groups is 1. The highest BCUT2D eigenvalue weighted by molar-refractivity contribution is 6.00. The molecule has 0 atom stereocenters. The van der Waals surface area contributed by atoms with Gasteiger partial charge in [0.15, 0.2) is 0 Å². The summed E-state index contributed by atoms with van der Waals surface area (Å²) in [4.78, 5) is 21.2. The summed E-state index contributed by atoms with van der Waals surface area (Å²) in [6.07, 6.45) is 1.15. The van der Waals surface area contributed by atoms with E-state index in [1.165, 1.54) is 7.11 Å². The average molecular weight is 467 g/mol. The highest BCUT2D eigenvalue weighted by Gasteiger charge is 2.21. The average Bonchev–Trinajstić information content (AvgIpc) is 2.85. The second kappa shape index (κ2) is 9.82. The third-order valence-electron chi connectivity index (χ3n) is 5.31. The number of hydrogen-bond donors (Lipinski definition) is 1. The third kappa shape index (κ3) is 5.22. The van der Waals surface area contributed by atoms with E-state index in [-0.39, 0.29) is 12.1 Å².